The fourth-order valence-electron chi connectivity index (χ4n) is 1.68. The van der Waals surface area contributed by atoms with E-state index in [4.69, 9.17) is 9.88 Å². The van der Waals surface area contributed by atoms with Gasteiger partial charge in [0.15, 0.2) is 0 Å². The highest BCUT2D eigenvalue weighted by molar-refractivity contribution is 7.89. The van der Waals surface area contributed by atoms with Gasteiger partial charge < -0.3 is 4.74 Å². The van der Waals surface area contributed by atoms with Crippen molar-refractivity contribution in [2.75, 3.05) is 12.4 Å². The van der Waals surface area contributed by atoms with E-state index in [9.17, 15) is 13.2 Å². The second-order valence-electron chi connectivity index (χ2n) is 4.19. The van der Waals surface area contributed by atoms with Gasteiger partial charge in [-0.05, 0) is 19.1 Å². The average Bonchev–Trinajstić information content (AvgIpc) is 2.45. The fourth-order valence-corrected chi connectivity index (χ4v) is 2.41. The van der Waals surface area contributed by atoms with E-state index in [2.05, 4.69) is 20.3 Å². The van der Waals surface area contributed by atoms with Crippen LogP contribution in [0.1, 0.15) is 16.2 Å². The Balaban J connectivity index is 2.37. The number of ether oxygens (including phenoxy) is 1. The number of benzene rings is 1. The van der Waals surface area contributed by atoms with Gasteiger partial charge in [0, 0.05) is 0 Å². The number of hydrogen-bond donors (Lipinski definition) is 2. The number of methoxy groups -OCH3 is 1. The molecule has 3 N–H and O–H groups in total. The maximum absolute atomic E-state index is 12.2. The first kappa shape index (κ1) is 15.8. The van der Waals surface area contributed by atoms with Crippen molar-refractivity contribution >= 4 is 21.9 Å². The summed E-state index contributed by atoms with van der Waals surface area (Å²) in [7, 11) is -2.66. The van der Waals surface area contributed by atoms with Crippen molar-refractivity contribution in [3.05, 3.63) is 35.7 Å². The monoisotopic (exact) mass is 323 g/mol. The minimum Gasteiger partial charge on any atom is -0.467 e. The van der Waals surface area contributed by atoms with Gasteiger partial charge in [-0.15, -0.1) is 0 Å². The molecule has 0 saturated carbocycles. The molecule has 1 aromatic heterocycles. The lowest BCUT2D eigenvalue weighted by Crippen LogP contribution is -2.21. The van der Waals surface area contributed by atoms with Gasteiger partial charge in [-0.25, -0.2) is 13.6 Å². The maximum atomic E-state index is 12.2. The van der Waals surface area contributed by atoms with Gasteiger partial charge in [-0.2, -0.15) is 15.0 Å². The van der Waals surface area contributed by atoms with Crippen molar-refractivity contribution in [2.24, 2.45) is 5.14 Å². The smallest absolute Gasteiger partial charge is 0.321 e. The molecule has 9 nitrogen and oxygen atoms in total. The van der Waals surface area contributed by atoms with E-state index < -0.39 is 15.9 Å². The molecule has 0 spiro atoms. The highest BCUT2D eigenvalue weighted by Crippen LogP contribution is 2.15. The predicted molar refractivity (Wildman–Crippen MR) is 76.9 cm³/mol. The van der Waals surface area contributed by atoms with Crippen LogP contribution in [0.4, 0.5) is 5.95 Å². The van der Waals surface area contributed by atoms with Gasteiger partial charge in [0.05, 0.1) is 17.6 Å². The first-order valence-corrected chi connectivity index (χ1v) is 7.55. The first-order valence-electron chi connectivity index (χ1n) is 6.01. The number of primary sulfonamides is 1. The van der Waals surface area contributed by atoms with E-state index in [1.165, 1.54) is 31.4 Å². The Morgan fingerprint density at radius 2 is 1.91 bits per heavy atom. The molecule has 2 rings (SSSR count). The van der Waals surface area contributed by atoms with E-state index >= 15 is 0 Å². The molecule has 0 unspecified atom stereocenters. The molecule has 0 aliphatic rings. The van der Waals surface area contributed by atoms with Crippen LogP contribution in [0.5, 0.6) is 6.01 Å². The van der Waals surface area contributed by atoms with E-state index in [0.29, 0.717) is 5.82 Å². The van der Waals surface area contributed by atoms with Crippen LogP contribution in [0.2, 0.25) is 0 Å². The molecular formula is C12H13N5O4S. The Kier molecular flexibility index (Phi) is 4.33. The van der Waals surface area contributed by atoms with E-state index in [1.54, 1.807) is 6.92 Å². The minimum absolute atomic E-state index is 0.0301. The number of hydrogen-bond acceptors (Lipinski definition) is 7. The number of rotatable bonds is 4. The number of anilines is 1. The Morgan fingerprint density at radius 3 is 2.55 bits per heavy atom. The highest BCUT2D eigenvalue weighted by Gasteiger charge is 2.19. The zero-order valence-electron chi connectivity index (χ0n) is 11.8. The van der Waals surface area contributed by atoms with Crippen molar-refractivity contribution in [2.45, 2.75) is 11.8 Å². The molecular weight excluding hydrogens is 310 g/mol. The molecule has 10 heteroatoms. The number of nitrogens with one attached hydrogen (secondary N) is 1. The quantitative estimate of drug-likeness (QED) is 0.813. The molecule has 0 aliphatic heterocycles. The first-order chi connectivity index (χ1) is 10.3. The zero-order chi connectivity index (χ0) is 16.3. The van der Waals surface area contributed by atoms with Crippen LogP contribution < -0.4 is 15.2 Å². The molecule has 1 amide bonds. The lowest BCUT2D eigenvalue weighted by molar-refractivity contribution is 0.102. The third kappa shape index (κ3) is 3.54. The number of aryl methyl sites for hydroxylation is 1. The molecule has 0 saturated heterocycles. The molecule has 0 radical (unpaired) electrons. The topological polar surface area (TPSA) is 137 Å². The largest absolute Gasteiger partial charge is 0.467 e. The second-order valence-corrected chi connectivity index (χ2v) is 5.72. The predicted octanol–water partition coefficient (Wildman–Crippen LogP) is 0.0883. The van der Waals surface area contributed by atoms with Gasteiger partial charge in [0.2, 0.25) is 16.0 Å². The van der Waals surface area contributed by atoms with E-state index in [0.717, 1.165) is 0 Å². The van der Waals surface area contributed by atoms with Crippen molar-refractivity contribution in [3.8, 4) is 6.01 Å². The van der Waals surface area contributed by atoms with Crippen molar-refractivity contribution in [1.82, 2.24) is 15.0 Å². The Labute approximate surface area is 126 Å². The van der Waals surface area contributed by atoms with Crippen LogP contribution in [0, 0.1) is 6.92 Å². The molecule has 2 aromatic rings. The summed E-state index contributed by atoms with van der Waals surface area (Å²) in [6.07, 6.45) is 0. The van der Waals surface area contributed by atoms with Gasteiger partial charge in [0.25, 0.3) is 5.91 Å². The third-order valence-electron chi connectivity index (χ3n) is 2.57. The standard InChI is InChI=1S/C12H13N5O4S/c1-7-14-11(17-12(15-7)21-2)16-10(18)8-5-3-4-6-9(8)22(13,19)20/h3-6H,1-2H3,(H2,13,19,20)(H,14,15,16,17,18). The van der Waals surface area contributed by atoms with Crippen LogP contribution in [0.15, 0.2) is 29.2 Å². The van der Waals surface area contributed by atoms with Crippen molar-refractivity contribution < 1.29 is 17.9 Å². The summed E-state index contributed by atoms with van der Waals surface area (Å²) in [6.45, 7) is 1.60. The summed E-state index contributed by atoms with van der Waals surface area (Å²) >= 11 is 0. The Hall–Kier alpha value is -2.59. The highest BCUT2D eigenvalue weighted by atomic mass is 32.2. The SMILES string of the molecule is COc1nc(C)nc(NC(=O)c2ccccc2S(N)(=O)=O)n1. The van der Waals surface area contributed by atoms with Crippen LogP contribution in [0.25, 0.3) is 0 Å². The molecule has 22 heavy (non-hydrogen) atoms. The molecule has 1 heterocycles. The number of amides is 1. The average molecular weight is 323 g/mol. The lowest BCUT2D eigenvalue weighted by Gasteiger charge is -2.08. The van der Waals surface area contributed by atoms with E-state index in [1.807, 2.05) is 0 Å². The van der Waals surface area contributed by atoms with Crippen molar-refractivity contribution in [3.63, 3.8) is 0 Å². The number of carbonyl (C=O) groups excluding carboxylic acids is 1. The molecule has 0 bridgehead atoms. The normalized spacial score (nSPS) is 11.0. The van der Waals surface area contributed by atoms with Crippen LogP contribution in [-0.4, -0.2) is 36.4 Å². The number of nitrogens with zero attached hydrogens (tertiary/aromatic N) is 3. The zero-order valence-corrected chi connectivity index (χ0v) is 12.6. The lowest BCUT2D eigenvalue weighted by atomic mass is 10.2. The van der Waals surface area contributed by atoms with Gasteiger partial charge in [-0.1, -0.05) is 12.1 Å². The van der Waals surface area contributed by atoms with E-state index in [-0.39, 0.29) is 22.4 Å². The Morgan fingerprint density at radius 1 is 1.23 bits per heavy atom. The number of nitrogens with two attached hydrogens (primary N) is 1. The maximum Gasteiger partial charge on any atom is 0.321 e. The van der Waals surface area contributed by atoms with Crippen LogP contribution in [-0.2, 0) is 10.0 Å². The van der Waals surface area contributed by atoms with Crippen molar-refractivity contribution in [1.29, 1.82) is 0 Å². The fraction of sp³-hybridized carbons (Fsp3) is 0.167. The molecule has 0 atom stereocenters. The number of sulfonamides is 1. The molecule has 0 aliphatic carbocycles. The summed E-state index contributed by atoms with van der Waals surface area (Å²) in [5, 5.41) is 7.47. The van der Waals surface area contributed by atoms with Crippen LogP contribution in [0.3, 0.4) is 0 Å². The second kappa shape index (κ2) is 6.03. The summed E-state index contributed by atoms with van der Waals surface area (Å²) in [5.41, 5.74) is -0.109. The van der Waals surface area contributed by atoms with Gasteiger partial charge in [-0.3, -0.25) is 10.1 Å². The molecule has 116 valence electrons. The minimum atomic E-state index is -4.03. The van der Waals surface area contributed by atoms with Crippen LogP contribution >= 0.6 is 0 Å². The van der Waals surface area contributed by atoms with Gasteiger partial charge >= 0.3 is 6.01 Å². The van der Waals surface area contributed by atoms with Gasteiger partial charge in [0.1, 0.15) is 5.82 Å². The molecule has 1 aromatic carbocycles. The Bertz CT molecular complexity index is 822. The summed E-state index contributed by atoms with van der Waals surface area (Å²) in [6, 6.07) is 5.58. The number of aromatic nitrogens is 3. The molecule has 0 fully saturated rings. The summed E-state index contributed by atoms with van der Waals surface area (Å²) in [5.74, 6) is -0.433. The third-order valence-corrected chi connectivity index (χ3v) is 3.54. The number of carbonyl (C=O) groups is 1. The summed E-state index contributed by atoms with van der Waals surface area (Å²) < 4.78 is 27.9. The summed E-state index contributed by atoms with van der Waals surface area (Å²) in [4.78, 5) is 23.6.